The number of aromatic nitrogens is 1. The summed E-state index contributed by atoms with van der Waals surface area (Å²) in [5.74, 6) is 0. The van der Waals surface area contributed by atoms with Crippen LogP contribution in [0.15, 0.2) is 42.7 Å². The Morgan fingerprint density at radius 1 is 1.21 bits per heavy atom. The minimum absolute atomic E-state index is 0.140. The van der Waals surface area contributed by atoms with Gasteiger partial charge >= 0.3 is 0 Å². The molecular weight excluding hydrogens is 234 g/mol. The molecule has 0 atom stereocenters. The van der Waals surface area contributed by atoms with Gasteiger partial charge in [-0.2, -0.15) is 0 Å². The van der Waals surface area contributed by atoms with Gasteiger partial charge in [0.25, 0.3) is 0 Å². The number of aromatic amines is 1. The molecule has 1 aromatic heterocycles. The molecule has 1 aromatic carbocycles. The standard InChI is InChI=1S/C16H23N3/c1-16(2,14-7-8-18-11-14)12-19-10-13-5-4-6-15(9-13)17-3/h4-9,11,17-19H,10,12H2,1-3H3. The Morgan fingerprint density at radius 3 is 2.74 bits per heavy atom. The summed E-state index contributed by atoms with van der Waals surface area (Å²) in [6.07, 6.45) is 4.05. The third-order valence-corrected chi connectivity index (χ3v) is 3.49. The van der Waals surface area contributed by atoms with Gasteiger partial charge in [-0.3, -0.25) is 0 Å². The van der Waals surface area contributed by atoms with E-state index in [1.54, 1.807) is 0 Å². The minimum Gasteiger partial charge on any atom is -0.388 e. The van der Waals surface area contributed by atoms with Gasteiger partial charge in [-0.15, -0.1) is 0 Å². The number of benzene rings is 1. The van der Waals surface area contributed by atoms with E-state index in [4.69, 9.17) is 0 Å². The Kier molecular flexibility index (Phi) is 4.27. The summed E-state index contributed by atoms with van der Waals surface area (Å²) in [6.45, 7) is 6.36. The van der Waals surface area contributed by atoms with E-state index in [0.717, 1.165) is 18.8 Å². The zero-order valence-corrected chi connectivity index (χ0v) is 12.0. The van der Waals surface area contributed by atoms with Crippen LogP contribution in [0.4, 0.5) is 5.69 Å². The van der Waals surface area contributed by atoms with Gasteiger partial charge in [0.2, 0.25) is 0 Å². The Hall–Kier alpha value is -1.74. The van der Waals surface area contributed by atoms with Crippen molar-refractivity contribution in [3.8, 4) is 0 Å². The van der Waals surface area contributed by atoms with Crippen LogP contribution in [0.2, 0.25) is 0 Å². The molecule has 19 heavy (non-hydrogen) atoms. The van der Waals surface area contributed by atoms with E-state index in [1.165, 1.54) is 11.1 Å². The SMILES string of the molecule is CNc1cccc(CNCC(C)(C)c2cc[nH]c2)c1. The van der Waals surface area contributed by atoms with Gasteiger partial charge in [0, 0.05) is 43.6 Å². The van der Waals surface area contributed by atoms with Gasteiger partial charge in [0.1, 0.15) is 0 Å². The van der Waals surface area contributed by atoms with E-state index in [-0.39, 0.29) is 5.41 Å². The van der Waals surface area contributed by atoms with E-state index >= 15 is 0 Å². The molecule has 3 N–H and O–H groups in total. The van der Waals surface area contributed by atoms with Crippen LogP contribution in [-0.4, -0.2) is 18.6 Å². The highest BCUT2D eigenvalue weighted by Crippen LogP contribution is 2.21. The van der Waals surface area contributed by atoms with E-state index < -0.39 is 0 Å². The highest BCUT2D eigenvalue weighted by Gasteiger charge is 2.20. The van der Waals surface area contributed by atoms with Crippen LogP contribution in [0.1, 0.15) is 25.0 Å². The van der Waals surface area contributed by atoms with Gasteiger partial charge in [-0.05, 0) is 29.3 Å². The van der Waals surface area contributed by atoms with Gasteiger partial charge in [-0.1, -0.05) is 26.0 Å². The van der Waals surface area contributed by atoms with E-state index in [0.29, 0.717) is 0 Å². The van der Waals surface area contributed by atoms with Crippen molar-refractivity contribution in [3.63, 3.8) is 0 Å². The second-order valence-electron chi connectivity index (χ2n) is 5.54. The molecule has 102 valence electrons. The molecule has 0 radical (unpaired) electrons. The van der Waals surface area contributed by atoms with Crippen LogP contribution < -0.4 is 10.6 Å². The first-order valence-corrected chi connectivity index (χ1v) is 6.72. The van der Waals surface area contributed by atoms with Gasteiger partial charge in [0.05, 0.1) is 0 Å². The third-order valence-electron chi connectivity index (χ3n) is 3.49. The Morgan fingerprint density at radius 2 is 2.05 bits per heavy atom. The number of hydrogen-bond donors (Lipinski definition) is 3. The van der Waals surface area contributed by atoms with E-state index in [2.05, 4.69) is 66.0 Å². The fourth-order valence-corrected chi connectivity index (χ4v) is 2.20. The average Bonchev–Trinajstić information content (AvgIpc) is 2.93. The molecule has 3 heteroatoms. The number of nitrogens with one attached hydrogen (secondary N) is 3. The van der Waals surface area contributed by atoms with E-state index in [1.807, 2.05) is 13.2 Å². The lowest BCUT2D eigenvalue weighted by atomic mass is 9.86. The van der Waals surface area contributed by atoms with E-state index in [9.17, 15) is 0 Å². The van der Waals surface area contributed by atoms with Crippen molar-refractivity contribution in [2.24, 2.45) is 0 Å². The zero-order valence-electron chi connectivity index (χ0n) is 12.0. The zero-order chi connectivity index (χ0) is 13.7. The largest absolute Gasteiger partial charge is 0.388 e. The predicted octanol–water partition coefficient (Wildman–Crippen LogP) is 3.12. The van der Waals surface area contributed by atoms with Crippen molar-refractivity contribution in [1.82, 2.24) is 10.3 Å². The predicted molar refractivity (Wildman–Crippen MR) is 81.5 cm³/mol. The molecule has 3 nitrogen and oxygen atoms in total. The fourth-order valence-electron chi connectivity index (χ4n) is 2.20. The Bertz CT molecular complexity index is 500. The summed E-state index contributed by atoms with van der Waals surface area (Å²) in [5.41, 5.74) is 3.94. The molecule has 0 saturated carbocycles. The molecule has 0 aliphatic rings. The topological polar surface area (TPSA) is 39.8 Å². The van der Waals surface area contributed by atoms with Crippen molar-refractivity contribution in [2.45, 2.75) is 25.8 Å². The fraction of sp³-hybridized carbons (Fsp3) is 0.375. The van der Waals surface area contributed by atoms with Gasteiger partial charge in [-0.25, -0.2) is 0 Å². The van der Waals surface area contributed by atoms with Crippen molar-refractivity contribution < 1.29 is 0 Å². The summed E-state index contributed by atoms with van der Waals surface area (Å²) in [5, 5.41) is 6.70. The first-order valence-electron chi connectivity index (χ1n) is 6.72. The molecule has 0 bridgehead atoms. The molecule has 0 fully saturated rings. The van der Waals surface area contributed by atoms with Crippen LogP contribution in [-0.2, 0) is 12.0 Å². The van der Waals surface area contributed by atoms with Crippen molar-refractivity contribution in [2.75, 3.05) is 18.9 Å². The monoisotopic (exact) mass is 257 g/mol. The summed E-state index contributed by atoms with van der Waals surface area (Å²) in [7, 11) is 1.95. The first-order chi connectivity index (χ1) is 9.12. The highest BCUT2D eigenvalue weighted by atomic mass is 14.9. The maximum atomic E-state index is 3.54. The van der Waals surface area contributed by atoms with Gasteiger partial charge < -0.3 is 15.6 Å². The molecule has 2 aromatic rings. The quantitative estimate of drug-likeness (QED) is 0.744. The first kappa shape index (κ1) is 13.7. The molecule has 0 aliphatic heterocycles. The van der Waals surface area contributed by atoms with Crippen LogP contribution in [0.25, 0.3) is 0 Å². The third kappa shape index (κ3) is 3.61. The maximum Gasteiger partial charge on any atom is 0.0340 e. The average molecular weight is 257 g/mol. The van der Waals surface area contributed by atoms with Crippen LogP contribution in [0, 0.1) is 0 Å². The van der Waals surface area contributed by atoms with Crippen molar-refractivity contribution in [1.29, 1.82) is 0 Å². The summed E-state index contributed by atoms with van der Waals surface area (Å²) in [4.78, 5) is 3.12. The molecule has 0 amide bonds. The van der Waals surface area contributed by atoms with Gasteiger partial charge in [0.15, 0.2) is 0 Å². The van der Waals surface area contributed by atoms with Crippen LogP contribution >= 0.6 is 0 Å². The van der Waals surface area contributed by atoms with Crippen molar-refractivity contribution in [3.05, 3.63) is 53.9 Å². The molecule has 0 saturated heterocycles. The second kappa shape index (κ2) is 5.93. The minimum atomic E-state index is 0.140. The lowest BCUT2D eigenvalue weighted by molar-refractivity contribution is 0.469. The Balaban J connectivity index is 1.89. The summed E-state index contributed by atoms with van der Waals surface area (Å²) in [6, 6.07) is 10.6. The molecule has 1 heterocycles. The lowest BCUT2D eigenvalue weighted by Crippen LogP contribution is -2.32. The molecule has 0 spiro atoms. The summed E-state index contributed by atoms with van der Waals surface area (Å²) < 4.78 is 0. The molecular formula is C16H23N3. The Labute approximate surface area is 115 Å². The second-order valence-corrected chi connectivity index (χ2v) is 5.54. The maximum absolute atomic E-state index is 3.54. The molecule has 2 rings (SSSR count). The van der Waals surface area contributed by atoms with Crippen LogP contribution in [0.3, 0.4) is 0 Å². The normalized spacial score (nSPS) is 11.5. The smallest absolute Gasteiger partial charge is 0.0340 e. The summed E-state index contributed by atoms with van der Waals surface area (Å²) >= 11 is 0. The molecule has 0 aliphatic carbocycles. The molecule has 0 unspecified atom stereocenters. The van der Waals surface area contributed by atoms with Crippen LogP contribution in [0.5, 0.6) is 0 Å². The number of H-pyrrole nitrogens is 1. The van der Waals surface area contributed by atoms with Crippen molar-refractivity contribution >= 4 is 5.69 Å². The lowest BCUT2D eigenvalue weighted by Gasteiger charge is -2.24. The number of rotatable bonds is 6. The number of anilines is 1. The highest BCUT2D eigenvalue weighted by molar-refractivity contribution is 5.44. The number of hydrogen-bond acceptors (Lipinski definition) is 2.